The van der Waals surface area contributed by atoms with E-state index in [0.29, 0.717) is 0 Å². The molecule has 0 saturated carbocycles. The standard InChI is InChI=1S/C14H19ClN2/c1-10-2-3-13(5-14(10)15)17-8-11-4-12(9-17)7-16-6-11/h2-3,5,11-12,16H,4,6-9H2,1H3. The topological polar surface area (TPSA) is 15.3 Å². The maximum absolute atomic E-state index is 6.21. The van der Waals surface area contributed by atoms with Gasteiger partial charge in [-0.25, -0.2) is 0 Å². The number of halogens is 1. The van der Waals surface area contributed by atoms with E-state index in [1.807, 2.05) is 0 Å². The van der Waals surface area contributed by atoms with Crippen LogP contribution in [0.2, 0.25) is 5.02 Å². The fourth-order valence-corrected chi connectivity index (χ4v) is 3.27. The van der Waals surface area contributed by atoms with Gasteiger partial charge in [0, 0.05) is 23.8 Å². The summed E-state index contributed by atoms with van der Waals surface area (Å²) in [6.45, 7) is 6.74. The molecule has 1 aromatic carbocycles. The number of piperidine rings is 2. The van der Waals surface area contributed by atoms with Crippen LogP contribution in [0.25, 0.3) is 0 Å². The zero-order valence-corrected chi connectivity index (χ0v) is 11.0. The Balaban J connectivity index is 1.81. The van der Waals surface area contributed by atoms with Crippen molar-refractivity contribution in [2.24, 2.45) is 11.8 Å². The van der Waals surface area contributed by atoms with Crippen LogP contribution in [0.1, 0.15) is 12.0 Å². The molecule has 3 heteroatoms. The molecule has 0 amide bonds. The first-order valence-corrected chi connectivity index (χ1v) is 6.82. The van der Waals surface area contributed by atoms with Crippen LogP contribution in [-0.2, 0) is 0 Å². The second-order valence-electron chi connectivity index (χ2n) is 5.46. The Morgan fingerprint density at radius 2 is 1.94 bits per heavy atom. The van der Waals surface area contributed by atoms with E-state index in [4.69, 9.17) is 11.6 Å². The fourth-order valence-electron chi connectivity index (χ4n) is 3.09. The van der Waals surface area contributed by atoms with Crippen molar-refractivity contribution in [1.29, 1.82) is 0 Å². The molecular weight excluding hydrogens is 232 g/mol. The number of fused-ring (bicyclic) bond motifs is 2. The predicted molar refractivity (Wildman–Crippen MR) is 72.9 cm³/mol. The SMILES string of the molecule is Cc1ccc(N2CC3CNCC(C3)C2)cc1Cl. The first kappa shape index (κ1) is 11.4. The van der Waals surface area contributed by atoms with E-state index in [9.17, 15) is 0 Å². The molecule has 92 valence electrons. The minimum Gasteiger partial charge on any atom is -0.371 e. The summed E-state index contributed by atoms with van der Waals surface area (Å²) in [4.78, 5) is 2.50. The van der Waals surface area contributed by atoms with Crippen LogP contribution in [0.15, 0.2) is 18.2 Å². The molecular formula is C14H19ClN2. The number of nitrogens with zero attached hydrogens (tertiary/aromatic N) is 1. The summed E-state index contributed by atoms with van der Waals surface area (Å²) in [6, 6.07) is 6.45. The van der Waals surface area contributed by atoms with Gasteiger partial charge < -0.3 is 10.2 Å². The molecule has 0 aromatic heterocycles. The summed E-state index contributed by atoms with van der Waals surface area (Å²) in [6.07, 6.45) is 1.39. The Labute approximate surface area is 108 Å². The number of aryl methyl sites for hydroxylation is 1. The van der Waals surface area contributed by atoms with Crippen LogP contribution >= 0.6 is 11.6 Å². The van der Waals surface area contributed by atoms with Gasteiger partial charge in [0.05, 0.1) is 0 Å². The summed E-state index contributed by atoms with van der Waals surface area (Å²) in [5, 5.41) is 4.41. The molecule has 2 nitrogen and oxygen atoms in total. The third-order valence-electron chi connectivity index (χ3n) is 4.01. The van der Waals surface area contributed by atoms with Crippen molar-refractivity contribution in [2.45, 2.75) is 13.3 Å². The first-order valence-electron chi connectivity index (χ1n) is 6.44. The van der Waals surface area contributed by atoms with Gasteiger partial charge in [-0.05, 0) is 56.0 Å². The molecule has 17 heavy (non-hydrogen) atoms. The zero-order chi connectivity index (χ0) is 11.8. The van der Waals surface area contributed by atoms with Crippen LogP contribution in [0.4, 0.5) is 5.69 Å². The molecule has 2 bridgehead atoms. The van der Waals surface area contributed by atoms with Crippen LogP contribution in [0.3, 0.4) is 0 Å². The molecule has 2 heterocycles. The van der Waals surface area contributed by atoms with E-state index in [0.717, 1.165) is 22.4 Å². The van der Waals surface area contributed by atoms with Crippen molar-refractivity contribution >= 4 is 17.3 Å². The lowest BCUT2D eigenvalue weighted by Crippen LogP contribution is -2.51. The maximum atomic E-state index is 6.21. The molecule has 0 spiro atoms. The molecule has 2 aliphatic heterocycles. The lowest BCUT2D eigenvalue weighted by Gasteiger charge is -2.43. The Bertz CT molecular complexity index is 407. The van der Waals surface area contributed by atoms with Crippen molar-refractivity contribution in [1.82, 2.24) is 5.32 Å². The number of rotatable bonds is 1. The largest absolute Gasteiger partial charge is 0.371 e. The van der Waals surface area contributed by atoms with Crippen molar-refractivity contribution in [3.63, 3.8) is 0 Å². The Morgan fingerprint density at radius 3 is 2.59 bits per heavy atom. The van der Waals surface area contributed by atoms with Crippen molar-refractivity contribution in [3.8, 4) is 0 Å². The van der Waals surface area contributed by atoms with E-state index < -0.39 is 0 Å². The van der Waals surface area contributed by atoms with Gasteiger partial charge in [0.2, 0.25) is 0 Å². The van der Waals surface area contributed by atoms with Crippen LogP contribution in [-0.4, -0.2) is 26.2 Å². The summed E-state index contributed by atoms with van der Waals surface area (Å²) in [7, 11) is 0. The summed E-state index contributed by atoms with van der Waals surface area (Å²) >= 11 is 6.21. The average molecular weight is 251 g/mol. The lowest BCUT2D eigenvalue weighted by atomic mass is 9.85. The van der Waals surface area contributed by atoms with Gasteiger partial charge >= 0.3 is 0 Å². The number of hydrogen-bond donors (Lipinski definition) is 1. The number of nitrogens with one attached hydrogen (secondary N) is 1. The molecule has 2 aliphatic rings. The minimum absolute atomic E-state index is 0.808. The van der Waals surface area contributed by atoms with Crippen LogP contribution < -0.4 is 10.2 Å². The highest BCUT2D eigenvalue weighted by Gasteiger charge is 2.30. The van der Waals surface area contributed by atoms with E-state index in [-0.39, 0.29) is 0 Å². The third-order valence-corrected chi connectivity index (χ3v) is 4.42. The van der Waals surface area contributed by atoms with Gasteiger partial charge in [-0.2, -0.15) is 0 Å². The van der Waals surface area contributed by atoms with Crippen molar-refractivity contribution in [2.75, 3.05) is 31.1 Å². The summed E-state index contributed by atoms with van der Waals surface area (Å²) in [5.74, 6) is 1.62. The predicted octanol–water partition coefficient (Wildman–Crippen LogP) is 2.69. The molecule has 2 saturated heterocycles. The molecule has 2 fully saturated rings. The highest BCUT2D eigenvalue weighted by molar-refractivity contribution is 6.31. The van der Waals surface area contributed by atoms with Gasteiger partial charge in [-0.1, -0.05) is 17.7 Å². The summed E-state index contributed by atoms with van der Waals surface area (Å²) in [5.41, 5.74) is 2.45. The van der Waals surface area contributed by atoms with Gasteiger partial charge in [-0.3, -0.25) is 0 Å². The fraction of sp³-hybridized carbons (Fsp3) is 0.571. The highest BCUT2D eigenvalue weighted by Crippen LogP contribution is 2.30. The Hall–Kier alpha value is -0.730. The molecule has 2 atom stereocenters. The second kappa shape index (κ2) is 4.51. The molecule has 0 aliphatic carbocycles. The molecule has 2 unspecified atom stereocenters. The first-order chi connectivity index (χ1) is 8.22. The van der Waals surface area contributed by atoms with Crippen LogP contribution in [0.5, 0.6) is 0 Å². The molecule has 3 rings (SSSR count). The summed E-state index contributed by atoms with van der Waals surface area (Å²) < 4.78 is 0. The van der Waals surface area contributed by atoms with E-state index >= 15 is 0 Å². The molecule has 0 radical (unpaired) electrons. The van der Waals surface area contributed by atoms with Crippen LogP contribution in [0, 0.1) is 18.8 Å². The minimum atomic E-state index is 0.808. The molecule has 1 aromatic rings. The van der Waals surface area contributed by atoms with E-state index in [1.165, 1.54) is 38.3 Å². The lowest BCUT2D eigenvalue weighted by molar-refractivity contribution is 0.250. The number of hydrogen-bond acceptors (Lipinski definition) is 2. The maximum Gasteiger partial charge on any atom is 0.0455 e. The monoisotopic (exact) mass is 250 g/mol. The molecule has 1 N–H and O–H groups in total. The Morgan fingerprint density at radius 1 is 1.24 bits per heavy atom. The quantitative estimate of drug-likeness (QED) is 0.825. The zero-order valence-electron chi connectivity index (χ0n) is 10.2. The van der Waals surface area contributed by atoms with Crippen molar-refractivity contribution < 1.29 is 0 Å². The highest BCUT2D eigenvalue weighted by atomic mass is 35.5. The van der Waals surface area contributed by atoms with Gasteiger partial charge in [0.25, 0.3) is 0 Å². The van der Waals surface area contributed by atoms with E-state index in [2.05, 4.69) is 35.3 Å². The Kier molecular flexibility index (Phi) is 3.01. The van der Waals surface area contributed by atoms with Gasteiger partial charge in [0.15, 0.2) is 0 Å². The number of benzene rings is 1. The van der Waals surface area contributed by atoms with E-state index in [1.54, 1.807) is 0 Å². The third kappa shape index (κ3) is 2.29. The van der Waals surface area contributed by atoms with Gasteiger partial charge in [0.1, 0.15) is 0 Å². The smallest absolute Gasteiger partial charge is 0.0455 e. The van der Waals surface area contributed by atoms with Crippen molar-refractivity contribution in [3.05, 3.63) is 28.8 Å². The second-order valence-corrected chi connectivity index (χ2v) is 5.87. The average Bonchev–Trinajstić information content (AvgIpc) is 2.32. The van der Waals surface area contributed by atoms with Gasteiger partial charge in [-0.15, -0.1) is 0 Å². The normalized spacial score (nSPS) is 28.2. The number of anilines is 1.